The number of hydrazine groups is 1. The van der Waals surface area contributed by atoms with E-state index in [1.165, 1.54) is 0 Å². The van der Waals surface area contributed by atoms with Gasteiger partial charge in [-0.25, -0.2) is 5.43 Å². The number of hydrogen-bond acceptors (Lipinski definition) is 4. The third-order valence-corrected chi connectivity index (χ3v) is 3.47. The van der Waals surface area contributed by atoms with Gasteiger partial charge in [-0.05, 0) is 18.6 Å². The molecular formula is C15H18N4O. The highest BCUT2D eigenvalue weighted by Crippen LogP contribution is 2.30. The van der Waals surface area contributed by atoms with E-state index in [0.29, 0.717) is 0 Å². The number of para-hydroxylation sites is 1. The van der Waals surface area contributed by atoms with Gasteiger partial charge >= 0.3 is 0 Å². The lowest BCUT2D eigenvalue weighted by Gasteiger charge is -2.16. The van der Waals surface area contributed by atoms with E-state index in [0.717, 1.165) is 35.2 Å². The van der Waals surface area contributed by atoms with E-state index in [1.807, 2.05) is 35.0 Å². The van der Waals surface area contributed by atoms with Crippen LogP contribution < -0.4 is 11.3 Å². The van der Waals surface area contributed by atoms with E-state index < -0.39 is 0 Å². The van der Waals surface area contributed by atoms with Crippen molar-refractivity contribution in [3.8, 4) is 0 Å². The van der Waals surface area contributed by atoms with Gasteiger partial charge in [0.25, 0.3) is 0 Å². The number of benzene rings is 1. The molecule has 1 aromatic carbocycles. The first kappa shape index (κ1) is 12.9. The van der Waals surface area contributed by atoms with Crippen molar-refractivity contribution < 1.29 is 4.42 Å². The highest BCUT2D eigenvalue weighted by atomic mass is 16.3. The molecule has 0 saturated heterocycles. The quantitative estimate of drug-likeness (QED) is 0.552. The van der Waals surface area contributed by atoms with E-state index in [4.69, 9.17) is 10.3 Å². The van der Waals surface area contributed by atoms with Gasteiger partial charge in [0, 0.05) is 23.7 Å². The van der Waals surface area contributed by atoms with Crippen LogP contribution in [-0.4, -0.2) is 9.78 Å². The van der Waals surface area contributed by atoms with Crippen LogP contribution in [0.3, 0.4) is 0 Å². The summed E-state index contributed by atoms with van der Waals surface area (Å²) < 4.78 is 7.58. The van der Waals surface area contributed by atoms with Crippen LogP contribution in [0.15, 0.2) is 47.2 Å². The van der Waals surface area contributed by atoms with Crippen molar-refractivity contribution in [2.24, 2.45) is 5.84 Å². The molecular weight excluding hydrogens is 252 g/mol. The second-order valence-electron chi connectivity index (χ2n) is 4.77. The summed E-state index contributed by atoms with van der Waals surface area (Å²) in [5.74, 6) is 5.78. The number of rotatable bonds is 5. The molecule has 104 valence electrons. The number of furan rings is 1. The van der Waals surface area contributed by atoms with Crippen LogP contribution in [0.25, 0.3) is 11.0 Å². The summed E-state index contributed by atoms with van der Waals surface area (Å²) in [7, 11) is 0. The van der Waals surface area contributed by atoms with Gasteiger partial charge in [0.1, 0.15) is 5.58 Å². The van der Waals surface area contributed by atoms with Crippen LogP contribution in [0, 0.1) is 0 Å². The molecule has 0 fully saturated rings. The van der Waals surface area contributed by atoms with E-state index in [2.05, 4.69) is 17.4 Å². The Kier molecular flexibility index (Phi) is 3.54. The molecule has 20 heavy (non-hydrogen) atoms. The van der Waals surface area contributed by atoms with Crippen LogP contribution in [-0.2, 0) is 6.54 Å². The minimum absolute atomic E-state index is 0.132. The summed E-state index contributed by atoms with van der Waals surface area (Å²) in [6.07, 6.45) is 4.59. The molecule has 3 N–H and O–H groups in total. The van der Waals surface area contributed by atoms with Crippen LogP contribution >= 0.6 is 0 Å². The molecule has 0 amide bonds. The number of aromatic nitrogens is 2. The summed E-state index contributed by atoms with van der Waals surface area (Å²) in [5, 5.41) is 5.42. The van der Waals surface area contributed by atoms with E-state index >= 15 is 0 Å². The van der Waals surface area contributed by atoms with Crippen LogP contribution in [0.4, 0.5) is 0 Å². The van der Waals surface area contributed by atoms with Crippen molar-refractivity contribution in [1.82, 2.24) is 15.2 Å². The van der Waals surface area contributed by atoms with Crippen LogP contribution in [0.1, 0.15) is 30.6 Å². The highest BCUT2D eigenvalue weighted by Gasteiger charge is 2.21. The summed E-state index contributed by atoms with van der Waals surface area (Å²) in [6, 6.07) is 9.81. The maximum Gasteiger partial charge on any atom is 0.134 e. The zero-order valence-corrected chi connectivity index (χ0v) is 11.4. The molecule has 5 heteroatoms. The lowest BCUT2D eigenvalue weighted by molar-refractivity contribution is 0.516. The predicted molar refractivity (Wildman–Crippen MR) is 77.9 cm³/mol. The maximum absolute atomic E-state index is 5.78. The number of nitrogens with two attached hydrogens (primary N) is 1. The zero-order valence-electron chi connectivity index (χ0n) is 11.4. The Morgan fingerprint density at radius 3 is 3.00 bits per heavy atom. The fourth-order valence-electron chi connectivity index (χ4n) is 2.54. The molecule has 1 atom stereocenters. The Morgan fingerprint density at radius 2 is 2.20 bits per heavy atom. The predicted octanol–water partition coefficient (Wildman–Crippen LogP) is 2.59. The molecule has 0 aliphatic heterocycles. The fraction of sp³-hybridized carbons (Fsp3) is 0.267. The second kappa shape index (κ2) is 5.48. The Bertz CT molecular complexity index is 701. The van der Waals surface area contributed by atoms with Crippen LogP contribution in [0.5, 0.6) is 0 Å². The number of fused-ring (bicyclic) bond motifs is 1. The zero-order chi connectivity index (χ0) is 13.9. The smallest absolute Gasteiger partial charge is 0.134 e. The van der Waals surface area contributed by atoms with Gasteiger partial charge in [0.05, 0.1) is 18.0 Å². The largest absolute Gasteiger partial charge is 0.464 e. The first-order chi connectivity index (χ1) is 9.85. The first-order valence-corrected chi connectivity index (χ1v) is 6.79. The average molecular weight is 270 g/mol. The minimum Gasteiger partial charge on any atom is -0.464 e. The molecule has 3 rings (SSSR count). The average Bonchev–Trinajstić information content (AvgIpc) is 3.09. The molecule has 2 aromatic heterocycles. The molecule has 2 heterocycles. The fourth-order valence-corrected chi connectivity index (χ4v) is 2.54. The number of aryl methyl sites for hydroxylation is 1. The minimum atomic E-state index is -0.132. The molecule has 0 aliphatic rings. The molecule has 0 radical (unpaired) electrons. The third kappa shape index (κ3) is 2.11. The Labute approximate surface area is 117 Å². The number of hydrogen-bond donors (Lipinski definition) is 2. The Morgan fingerprint density at radius 1 is 1.35 bits per heavy atom. The lowest BCUT2D eigenvalue weighted by atomic mass is 10.0. The van der Waals surface area contributed by atoms with E-state index in [9.17, 15) is 0 Å². The molecule has 0 bridgehead atoms. The number of nitrogens with one attached hydrogen (secondary N) is 1. The first-order valence-electron chi connectivity index (χ1n) is 6.79. The van der Waals surface area contributed by atoms with Gasteiger partial charge in [-0.1, -0.05) is 25.1 Å². The van der Waals surface area contributed by atoms with Crippen molar-refractivity contribution in [3.05, 3.63) is 54.0 Å². The van der Waals surface area contributed by atoms with Crippen molar-refractivity contribution in [2.75, 3.05) is 0 Å². The summed E-state index contributed by atoms with van der Waals surface area (Å²) in [4.78, 5) is 0. The van der Waals surface area contributed by atoms with Crippen molar-refractivity contribution in [1.29, 1.82) is 0 Å². The van der Waals surface area contributed by atoms with Crippen molar-refractivity contribution >= 4 is 11.0 Å². The molecule has 1 unspecified atom stereocenters. The third-order valence-electron chi connectivity index (χ3n) is 3.47. The van der Waals surface area contributed by atoms with Crippen LogP contribution in [0.2, 0.25) is 0 Å². The summed E-state index contributed by atoms with van der Waals surface area (Å²) >= 11 is 0. The maximum atomic E-state index is 5.78. The Hall–Kier alpha value is -2.11. The number of nitrogens with zero attached hydrogens (tertiary/aromatic N) is 2. The van der Waals surface area contributed by atoms with Crippen molar-refractivity contribution in [3.63, 3.8) is 0 Å². The molecule has 0 saturated carbocycles. The van der Waals surface area contributed by atoms with Gasteiger partial charge in [-0.3, -0.25) is 10.5 Å². The molecule has 0 aliphatic carbocycles. The van der Waals surface area contributed by atoms with Gasteiger partial charge in [-0.2, -0.15) is 5.10 Å². The molecule has 5 nitrogen and oxygen atoms in total. The standard InChI is InChI=1S/C15H18N4O/c1-2-9-19-13(7-8-17-19)15(18-16)12-10-20-14-6-4-3-5-11(12)14/h3-8,10,15,18H,2,9,16H2,1H3. The van der Waals surface area contributed by atoms with Gasteiger partial charge < -0.3 is 4.42 Å². The monoisotopic (exact) mass is 270 g/mol. The van der Waals surface area contributed by atoms with Gasteiger partial charge in [0.2, 0.25) is 0 Å². The summed E-state index contributed by atoms with van der Waals surface area (Å²) in [5.41, 5.74) is 5.81. The van der Waals surface area contributed by atoms with Crippen molar-refractivity contribution in [2.45, 2.75) is 25.9 Å². The van der Waals surface area contributed by atoms with Gasteiger partial charge in [-0.15, -0.1) is 0 Å². The van der Waals surface area contributed by atoms with E-state index in [1.54, 1.807) is 12.5 Å². The van der Waals surface area contributed by atoms with Gasteiger partial charge in [0.15, 0.2) is 0 Å². The summed E-state index contributed by atoms with van der Waals surface area (Å²) in [6.45, 7) is 3.00. The Balaban J connectivity index is 2.07. The lowest BCUT2D eigenvalue weighted by Crippen LogP contribution is -2.30. The topological polar surface area (TPSA) is 69.0 Å². The highest BCUT2D eigenvalue weighted by molar-refractivity contribution is 5.81. The van der Waals surface area contributed by atoms with E-state index in [-0.39, 0.29) is 6.04 Å². The second-order valence-corrected chi connectivity index (χ2v) is 4.77. The normalized spacial score (nSPS) is 12.9. The molecule has 3 aromatic rings. The SMILES string of the molecule is CCCn1nccc1C(NN)c1coc2ccccc12. The molecule has 0 spiro atoms.